The number of hydrogen-bond donors (Lipinski definition) is 0. The highest BCUT2D eigenvalue weighted by Gasteiger charge is 2.21. The maximum Gasteiger partial charge on any atom is 0.335 e. The molecule has 0 N–H and O–H groups in total. The van der Waals surface area contributed by atoms with Crippen molar-refractivity contribution in [3.8, 4) is 5.69 Å². The summed E-state index contributed by atoms with van der Waals surface area (Å²) in [6, 6.07) is 6.80. The van der Waals surface area contributed by atoms with E-state index in [0.717, 1.165) is 36.9 Å². The average Bonchev–Trinajstić information content (AvgIpc) is 2.50. The van der Waals surface area contributed by atoms with Gasteiger partial charge in [-0.1, -0.05) is 11.6 Å². The molecule has 1 aliphatic rings. The molecule has 4 nitrogen and oxygen atoms in total. The summed E-state index contributed by atoms with van der Waals surface area (Å²) in [7, 11) is 0. The van der Waals surface area contributed by atoms with Gasteiger partial charge < -0.3 is 0 Å². The van der Waals surface area contributed by atoms with Crippen LogP contribution < -0.4 is 11.2 Å². The van der Waals surface area contributed by atoms with E-state index in [1.54, 1.807) is 28.8 Å². The first-order valence-electron chi connectivity index (χ1n) is 7.27. The fourth-order valence-electron chi connectivity index (χ4n) is 3.02. The monoisotopic (exact) mass is 304 g/mol. The molecule has 0 saturated carbocycles. The molecule has 3 rings (SSSR count). The van der Waals surface area contributed by atoms with Crippen molar-refractivity contribution >= 4 is 11.6 Å². The number of benzene rings is 1. The third kappa shape index (κ3) is 2.33. The fraction of sp³-hybridized carbons (Fsp3) is 0.375. The zero-order valence-corrected chi connectivity index (χ0v) is 12.7. The van der Waals surface area contributed by atoms with E-state index in [-0.39, 0.29) is 11.2 Å². The molecule has 1 aromatic carbocycles. The van der Waals surface area contributed by atoms with Crippen LogP contribution in [0.4, 0.5) is 0 Å². The number of halogens is 1. The van der Waals surface area contributed by atoms with Crippen molar-refractivity contribution in [2.45, 2.75) is 39.2 Å². The first-order chi connectivity index (χ1) is 10.1. The van der Waals surface area contributed by atoms with Gasteiger partial charge in [-0.25, -0.2) is 9.36 Å². The molecule has 1 aliphatic carbocycles. The third-order valence-corrected chi connectivity index (χ3v) is 4.30. The topological polar surface area (TPSA) is 44.0 Å². The zero-order valence-electron chi connectivity index (χ0n) is 11.9. The van der Waals surface area contributed by atoms with Gasteiger partial charge in [-0.05, 0) is 56.9 Å². The molecule has 21 heavy (non-hydrogen) atoms. The van der Waals surface area contributed by atoms with Crippen LogP contribution in [0.3, 0.4) is 0 Å². The second kappa shape index (κ2) is 5.53. The van der Waals surface area contributed by atoms with Gasteiger partial charge in [0.1, 0.15) is 0 Å². The van der Waals surface area contributed by atoms with Crippen molar-refractivity contribution in [3.05, 3.63) is 61.4 Å². The van der Waals surface area contributed by atoms with Crippen LogP contribution in [0.15, 0.2) is 33.9 Å². The Bertz CT molecular complexity index is 756. The van der Waals surface area contributed by atoms with E-state index in [1.807, 2.05) is 6.92 Å². The molecule has 0 aliphatic heterocycles. The Morgan fingerprint density at radius 3 is 2.43 bits per heavy atom. The van der Waals surface area contributed by atoms with Crippen molar-refractivity contribution in [1.82, 2.24) is 9.13 Å². The van der Waals surface area contributed by atoms with Gasteiger partial charge in [-0.2, -0.15) is 0 Å². The lowest BCUT2D eigenvalue weighted by atomic mass is 9.96. The molecule has 0 atom stereocenters. The number of aromatic nitrogens is 2. The highest BCUT2D eigenvalue weighted by Crippen LogP contribution is 2.18. The quantitative estimate of drug-likeness (QED) is 0.856. The van der Waals surface area contributed by atoms with E-state index in [4.69, 9.17) is 11.6 Å². The summed E-state index contributed by atoms with van der Waals surface area (Å²) < 4.78 is 2.99. The van der Waals surface area contributed by atoms with Gasteiger partial charge in [0, 0.05) is 22.8 Å². The van der Waals surface area contributed by atoms with Crippen LogP contribution in [0.2, 0.25) is 5.02 Å². The lowest BCUT2D eigenvalue weighted by molar-refractivity contribution is 0.554. The zero-order chi connectivity index (χ0) is 15.0. The predicted octanol–water partition coefficient (Wildman–Crippen LogP) is 2.55. The first kappa shape index (κ1) is 14.1. The summed E-state index contributed by atoms with van der Waals surface area (Å²) in [5.74, 6) is 0. The lowest BCUT2D eigenvalue weighted by Crippen LogP contribution is -2.43. The normalized spacial score (nSPS) is 14.0. The predicted molar refractivity (Wildman–Crippen MR) is 83.6 cm³/mol. The molecule has 0 unspecified atom stereocenters. The maximum atomic E-state index is 12.7. The highest BCUT2D eigenvalue weighted by molar-refractivity contribution is 6.30. The van der Waals surface area contributed by atoms with E-state index in [2.05, 4.69) is 0 Å². The van der Waals surface area contributed by atoms with E-state index >= 15 is 0 Å². The molecule has 110 valence electrons. The van der Waals surface area contributed by atoms with Crippen LogP contribution >= 0.6 is 11.6 Å². The van der Waals surface area contributed by atoms with Crippen molar-refractivity contribution in [2.75, 3.05) is 0 Å². The van der Waals surface area contributed by atoms with Gasteiger partial charge in [0.2, 0.25) is 0 Å². The molecule has 0 fully saturated rings. The SMILES string of the molecule is CCn1c2c(c(=O)n(-c3ccc(Cl)cc3)c1=O)CCCC2. The Labute approximate surface area is 127 Å². The Morgan fingerprint density at radius 2 is 1.76 bits per heavy atom. The Balaban J connectivity index is 2.33. The molecule has 1 aromatic heterocycles. The lowest BCUT2D eigenvalue weighted by Gasteiger charge is -2.21. The van der Waals surface area contributed by atoms with Gasteiger partial charge in [-0.3, -0.25) is 9.36 Å². The summed E-state index contributed by atoms with van der Waals surface area (Å²) in [6.45, 7) is 2.52. The molecular formula is C16H17ClN2O2. The third-order valence-electron chi connectivity index (χ3n) is 4.05. The Kier molecular flexibility index (Phi) is 3.72. The molecule has 0 radical (unpaired) electrons. The van der Waals surface area contributed by atoms with Crippen molar-refractivity contribution in [3.63, 3.8) is 0 Å². The van der Waals surface area contributed by atoms with Crippen molar-refractivity contribution < 1.29 is 0 Å². The second-order valence-corrected chi connectivity index (χ2v) is 5.71. The van der Waals surface area contributed by atoms with Gasteiger partial charge in [0.05, 0.1) is 5.69 Å². The standard InChI is InChI=1S/C16H17ClN2O2/c1-2-18-14-6-4-3-5-13(14)15(20)19(16(18)21)12-9-7-11(17)8-10-12/h7-10H,2-6H2,1H3. The minimum atomic E-state index is -0.259. The Morgan fingerprint density at radius 1 is 1.10 bits per heavy atom. The Hall–Kier alpha value is -1.81. The summed E-state index contributed by atoms with van der Waals surface area (Å²) >= 11 is 5.88. The van der Waals surface area contributed by atoms with Gasteiger partial charge in [0.25, 0.3) is 5.56 Å². The van der Waals surface area contributed by atoms with Gasteiger partial charge in [-0.15, -0.1) is 0 Å². The van der Waals surface area contributed by atoms with Crippen molar-refractivity contribution in [2.24, 2.45) is 0 Å². The number of rotatable bonds is 2. The van der Waals surface area contributed by atoms with E-state index in [0.29, 0.717) is 17.3 Å². The van der Waals surface area contributed by atoms with Crippen LogP contribution in [-0.4, -0.2) is 9.13 Å². The van der Waals surface area contributed by atoms with E-state index < -0.39 is 0 Å². The van der Waals surface area contributed by atoms with Crippen LogP contribution in [0.1, 0.15) is 31.0 Å². The highest BCUT2D eigenvalue weighted by atomic mass is 35.5. The summed E-state index contributed by atoms with van der Waals surface area (Å²) in [6.07, 6.45) is 3.61. The van der Waals surface area contributed by atoms with Crippen LogP contribution in [0.5, 0.6) is 0 Å². The molecule has 0 saturated heterocycles. The molecule has 0 amide bonds. The summed E-state index contributed by atoms with van der Waals surface area (Å²) in [5.41, 5.74) is 1.85. The molecule has 2 aromatic rings. The molecule has 1 heterocycles. The first-order valence-corrected chi connectivity index (χ1v) is 7.65. The molecule has 5 heteroatoms. The van der Waals surface area contributed by atoms with E-state index in [9.17, 15) is 9.59 Å². The molecule has 0 spiro atoms. The maximum absolute atomic E-state index is 12.7. The number of fused-ring (bicyclic) bond motifs is 1. The van der Waals surface area contributed by atoms with Gasteiger partial charge >= 0.3 is 5.69 Å². The fourth-order valence-corrected chi connectivity index (χ4v) is 3.15. The molecule has 0 bridgehead atoms. The smallest absolute Gasteiger partial charge is 0.297 e. The largest absolute Gasteiger partial charge is 0.335 e. The average molecular weight is 305 g/mol. The minimum absolute atomic E-state index is 0.179. The van der Waals surface area contributed by atoms with Crippen LogP contribution in [-0.2, 0) is 19.4 Å². The number of hydrogen-bond acceptors (Lipinski definition) is 2. The van der Waals surface area contributed by atoms with Crippen LogP contribution in [0, 0.1) is 0 Å². The summed E-state index contributed by atoms with van der Waals surface area (Å²) in [4.78, 5) is 25.4. The van der Waals surface area contributed by atoms with Crippen LogP contribution in [0.25, 0.3) is 5.69 Å². The number of nitrogens with zero attached hydrogens (tertiary/aromatic N) is 2. The van der Waals surface area contributed by atoms with Crippen molar-refractivity contribution in [1.29, 1.82) is 0 Å². The minimum Gasteiger partial charge on any atom is -0.297 e. The molecular weight excluding hydrogens is 288 g/mol. The van der Waals surface area contributed by atoms with Gasteiger partial charge in [0.15, 0.2) is 0 Å². The second-order valence-electron chi connectivity index (χ2n) is 5.28. The summed E-state index contributed by atoms with van der Waals surface area (Å²) in [5, 5.41) is 0.584. The van der Waals surface area contributed by atoms with E-state index in [1.165, 1.54) is 4.57 Å².